The second kappa shape index (κ2) is 8.64. The molecule has 128 valence electrons. The van der Waals surface area contributed by atoms with Gasteiger partial charge in [-0.2, -0.15) is 4.98 Å². The molecule has 0 atom stereocenters. The molecule has 24 heavy (non-hydrogen) atoms. The van der Waals surface area contributed by atoms with Crippen LogP contribution in [-0.4, -0.2) is 23.1 Å². The van der Waals surface area contributed by atoms with Crippen molar-refractivity contribution in [3.63, 3.8) is 0 Å². The highest BCUT2D eigenvalue weighted by atomic mass is 35.5. The Balaban J connectivity index is 0.00000208. The Hall–Kier alpha value is -2.14. The SMILES string of the molecule is CCCc1cc(N2CC=CCC2)nc(Nc2ccc(F)cc2)n1.Cl. The summed E-state index contributed by atoms with van der Waals surface area (Å²) < 4.78 is 13.0. The summed E-state index contributed by atoms with van der Waals surface area (Å²) in [6.07, 6.45) is 7.35. The third-order valence-electron chi connectivity index (χ3n) is 3.75. The summed E-state index contributed by atoms with van der Waals surface area (Å²) in [6.45, 7) is 3.98. The first kappa shape index (κ1) is 18.2. The Bertz CT molecular complexity index is 688. The van der Waals surface area contributed by atoms with Crippen molar-refractivity contribution in [1.29, 1.82) is 0 Å². The summed E-state index contributed by atoms with van der Waals surface area (Å²) in [5, 5.41) is 3.18. The Labute approximate surface area is 148 Å². The molecule has 0 spiro atoms. The molecule has 1 aromatic carbocycles. The molecule has 1 aliphatic heterocycles. The highest BCUT2D eigenvalue weighted by molar-refractivity contribution is 5.85. The molecule has 0 amide bonds. The van der Waals surface area contributed by atoms with Crippen LogP contribution in [0.5, 0.6) is 0 Å². The normalized spacial score (nSPS) is 13.5. The van der Waals surface area contributed by atoms with Crippen molar-refractivity contribution in [2.75, 3.05) is 23.3 Å². The highest BCUT2D eigenvalue weighted by Crippen LogP contribution is 2.21. The zero-order chi connectivity index (χ0) is 16.1. The molecule has 1 N–H and O–H groups in total. The van der Waals surface area contributed by atoms with Crippen LogP contribution in [0.2, 0.25) is 0 Å². The van der Waals surface area contributed by atoms with Crippen LogP contribution in [0.25, 0.3) is 0 Å². The van der Waals surface area contributed by atoms with E-state index < -0.39 is 0 Å². The first-order chi connectivity index (χ1) is 11.2. The number of halogens is 2. The molecule has 1 aliphatic rings. The first-order valence-corrected chi connectivity index (χ1v) is 8.05. The van der Waals surface area contributed by atoms with Crippen molar-refractivity contribution in [3.05, 3.63) is 54.0 Å². The van der Waals surface area contributed by atoms with Crippen molar-refractivity contribution in [1.82, 2.24) is 9.97 Å². The van der Waals surface area contributed by atoms with Crippen LogP contribution >= 0.6 is 12.4 Å². The summed E-state index contributed by atoms with van der Waals surface area (Å²) in [5.74, 6) is 1.25. The fraction of sp³-hybridized carbons (Fsp3) is 0.333. The van der Waals surface area contributed by atoms with Gasteiger partial charge in [0.15, 0.2) is 0 Å². The third-order valence-corrected chi connectivity index (χ3v) is 3.75. The number of hydrogen-bond acceptors (Lipinski definition) is 4. The number of rotatable bonds is 5. The van der Waals surface area contributed by atoms with Crippen molar-refractivity contribution < 1.29 is 4.39 Å². The van der Waals surface area contributed by atoms with Gasteiger partial charge in [0, 0.05) is 30.5 Å². The van der Waals surface area contributed by atoms with E-state index in [0.29, 0.717) is 5.95 Å². The maximum atomic E-state index is 13.0. The molecular weight excluding hydrogens is 327 g/mol. The zero-order valence-electron chi connectivity index (χ0n) is 13.7. The predicted molar refractivity (Wildman–Crippen MR) is 98.9 cm³/mol. The molecule has 0 unspecified atom stereocenters. The van der Waals surface area contributed by atoms with Crippen LogP contribution in [0.4, 0.5) is 21.8 Å². The summed E-state index contributed by atoms with van der Waals surface area (Å²) in [6, 6.07) is 8.30. The van der Waals surface area contributed by atoms with E-state index in [1.807, 2.05) is 0 Å². The van der Waals surface area contributed by atoms with Crippen LogP contribution < -0.4 is 10.2 Å². The Morgan fingerprint density at radius 1 is 1.17 bits per heavy atom. The van der Waals surface area contributed by atoms with E-state index in [1.54, 1.807) is 12.1 Å². The Kier molecular flexibility index (Phi) is 6.55. The van der Waals surface area contributed by atoms with Crippen LogP contribution in [0, 0.1) is 5.82 Å². The van der Waals surface area contributed by atoms with Gasteiger partial charge in [-0.05, 0) is 37.1 Å². The van der Waals surface area contributed by atoms with E-state index in [-0.39, 0.29) is 18.2 Å². The van der Waals surface area contributed by atoms with Gasteiger partial charge in [0.2, 0.25) is 5.95 Å². The third kappa shape index (κ3) is 4.68. The minimum atomic E-state index is -0.253. The lowest BCUT2D eigenvalue weighted by atomic mass is 10.2. The molecule has 2 aromatic rings. The van der Waals surface area contributed by atoms with Crippen LogP contribution in [0.3, 0.4) is 0 Å². The molecular formula is C18H22ClFN4. The van der Waals surface area contributed by atoms with Gasteiger partial charge >= 0.3 is 0 Å². The second-order valence-electron chi connectivity index (χ2n) is 5.63. The van der Waals surface area contributed by atoms with E-state index in [1.165, 1.54) is 12.1 Å². The molecule has 0 bridgehead atoms. The number of hydrogen-bond donors (Lipinski definition) is 1. The summed E-state index contributed by atoms with van der Waals surface area (Å²) >= 11 is 0. The zero-order valence-corrected chi connectivity index (χ0v) is 14.5. The lowest BCUT2D eigenvalue weighted by molar-refractivity contribution is 0.628. The molecule has 0 aliphatic carbocycles. The van der Waals surface area contributed by atoms with E-state index in [0.717, 1.165) is 49.6 Å². The maximum absolute atomic E-state index is 13.0. The lowest BCUT2D eigenvalue weighted by Crippen LogP contribution is -2.28. The smallest absolute Gasteiger partial charge is 0.229 e. The highest BCUT2D eigenvalue weighted by Gasteiger charge is 2.12. The van der Waals surface area contributed by atoms with Gasteiger partial charge < -0.3 is 10.2 Å². The van der Waals surface area contributed by atoms with Crippen molar-refractivity contribution in [2.24, 2.45) is 0 Å². The number of aryl methyl sites for hydroxylation is 1. The quantitative estimate of drug-likeness (QED) is 0.808. The van der Waals surface area contributed by atoms with Crippen molar-refractivity contribution in [2.45, 2.75) is 26.2 Å². The molecule has 0 saturated heterocycles. The molecule has 0 fully saturated rings. The van der Waals surface area contributed by atoms with E-state index in [9.17, 15) is 4.39 Å². The molecule has 0 radical (unpaired) electrons. The minimum absolute atomic E-state index is 0. The fourth-order valence-electron chi connectivity index (χ4n) is 2.60. The van der Waals surface area contributed by atoms with Gasteiger partial charge in [-0.3, -0.25) is 0 Å². The number of benzene rings is 1. The van der Waals surface area contributed by atoms with Gasteiger partial charge in [-0.25, -0.2) is 9.37 Å². The second-order valence-corrected chi connectivity index (χ2v) is 5.63. The summed E-state index contributed by atoms with van der Waals surface area (Å²) in [4.78, 5) is 11.5. The van der Waals surface area contributed by atoms with E-state index in [2.05, 4.69) is 45.3 Å². The minimum Gasteiger partial charge on any atom is -0.352 e. The fourth-order valence-corrected chi connectivity index (χ4v) is 2.60. The van der Waals surface area contributed by atoms with E-state index >= 15 is 0 Å². The molecule has 2 heterocycles. The Morgan fingerprint density at radius 3 is 2.62 bits per heavy atom. The van der Waals surface area contributed by atoms with Gasteiger partial charge in [0.1, 0.15) is 11.6 Å². The van der Waals surface area contributed by atoms with Crippen LogP contribution in [0.15, 0.2) is 42.5 Å². The Morgan fingerprint density at radius 2 is 1.96 bits per heavy atom. The van der Waals surface area contributed by atoms with Crippen molar-refractivity contribution >= 4 is 29.9 Å². The molecule has 3 rings (SSSR count). The first-order valence-electron chi connectivity index (χ1n) is 8.05. The van der Waals surface area contributed by atoms with E-state index in [4.69, 9.17) is 0 Å². The number of nitrogens with one attached hydrogen (secondary N) is 1. The van der Waals surface area contributed by atoms with Gasteiger partial charge in [-0.15, -0.1) is 12.4 Å². The molecule has 4 nitrogen and oxygen atoms in total. The van der Waals surface area contributed by atoms with Crippen LogP contribution in [0.1, 0.15) is 25.5 Å². The largest absolute Gasteiger partial charge is 0.352 e. The topological polar surface area (TPSA) is 41.1 Å². The average Bonchev–Trinajstić information content (AvgIpc) is 2.58. The number of aromatic nitrogens is 2. The number of anilines is 3. The summed E-state index contributed by atoms with van der Waals surface area (Å²) in [5.41, 5.74) is 1.81. The monoisotopic (exact) mass is 348 g/mol. The summed E-state index contributed by atoms with van der Waals surface area (Å²) in [7, 11) is 0. The average molecular weight is 349 g/mol. The van der Waals surface area contributed by atoms with Crippen molar-refractivity contribution in [3.8, 4) is 0 Å². The van der Waals surface area contributed by atoms with Gasteiger partial charge in [-0.1, -0.05) is 25.5 Å². The molecule has 0 saturated carbocycles. The van der Waals surface area contributed by atoms with Gasteiger partial charge in [0.05, 0.1) is 0 Å². The predicted octanol–water partition coefficient (Wildman–Crippen LogP) is 4.50. The molecule has 6 heteroatoms. The standard InChI is InChI=1S/C18H21FN4.ClH/c1-2-6-16-13-17(23-11-4-3-5-12-23)22-18(21-16)20-15-9-7-14(19)8-10-15;/h3-4,7-10,13H,2,5-6,11-12H2,1H3,(H,20,21,22);1H. The van der Waals surface area contributed by atoms with Crippen LogP contribution in [-0.2, 0) is 6.42 Å². The molecule has 1 aromatic heterocycles. The number of nitrogens with zero attached hydrogens (tertiary/aromatic N) is 3. The lowest BCUT2D eigenvalue weighted by Gasteiger charge is -2.25. The van der Waals surface area contributed by atoms with Gasteiger partial charge in [0.25, 0.3) is 0 Å². The maximum Gasteiger partial charge on any atom is 0.229 e.